The van der Waals surface area contributed by atoms with Gasteiger partial charge in [-0.25, -0.2) is 4.98 Å². The summed E-state index contributed by atoms with van der Waals surface area (Å²) in [4.78, 5) is 9.48. The fraction of sp³-hybridized carbons (Fsp3) is 0.625. The average molecular weight is 301 g/mol. The quantitative estimate of drug-likeness (QED) is 0.814. The van der Waals surface area contributed by atoms with Crippen LogP contribution in [0, 0.1) is 5.41 Å². The van der Waals surface area contributed by atoms with Crippen LogP contribution < -0.4 is 15.1 Å². The molecule has 3 aliphatic heterocycles. The van der Waals surface area contributed by atoms with Gasteiger partial charge in [0.25, 0.3) is 0 Å². The molecule has 0 saturated carbocycles. The molecule has 2 saturated heterocycles. The third-order valence-electron chi connectivity index (χ3n) is 4.89. The van der Waals surface area contributed by atoms with E-state index in [1.807, 2.05) is 0 Å². The van der Waals surface area contributed by atoms with Crippen molar-refractivity contribution in [1.82, 2.24) is 4.98 Å². The predicted octanol–water partition coefficient (Wildman–Crippen LogP) is 1.72. The fourth-order valence-corrected chi connectivity index (χ4v) is 3.86. The van der Waals surface area contributed by atoms with E-state index in [9.17, 15) is 0 Å². The Labute approximate surface area is 131 Å². The molecule has 4 rings (SSSR count). The molecule has 6 nitrogen and oxygen atoms in total. The minimum Gasteiger partial charge on any atom is -0.372 e. The summed E-state index contributed by atoms with van der Waals surface area (Å²) in [5, 5.41) is 11.2. The summed E-state index contributed by atoms with van der Waals surface area (Å²) in [5.74, 6) is 1.91. The number of fused-ring (bicyclic) bond motifs is 4. The van der Waals surface area contributed by atoms with Crippen LogP contribution >= 0.6 is 0 Å². The van der Waals surface area contributed by atoms with E-state index in [-0.39, 0.29) is 17.7 Å². The number of aromatic nitrogens is 1. The van der Waals surface area contributed by atoms with Gasteiger partial charge >= 0.3 is 0 Å². The molecule has 0 spiro atoms. The molecule has 2 bridgehead atoms. The van der Waals surface area contributed by atoms with Crippen LogP contribution in [0.1, 0.15) is 20.3 Å². The highest BCUT2D eigenvalue weighted by atomic mass is 16.5. The highest BCUT2D eigenvalue weighted by Crippen LogP contribution is 2.39. The van der Waals surface area contributed by atoms with Gasteiger partial charge in [-0.2, -0.15) is 0 Å². The van der Waals surface area contributed by atoms with Crippen molar-refractivity contribution in [2.75, 3.05) is 41.3 Å². The normalized spacial score (nSPS) is 33.4. The summed E-state index contributed by atoms with van der Waals surface area (Å²) in [6.07, 6.45) is 2.96. The second-order valence-corrected chi connectivity index (χ2v) is 6.80. The highest BCUT2D eigenvalue weighted by Gasteiger charge is 2.42. The highest BCUT2D eigenvalue weighted by molar-refractivity contribution is 5.83. The smallest absolute Gasteiger partial charge is 0.152 e. The maximum atomic E-state index is 7.75. The molecule has 2 fully saturated rings. The van der Waals surface area contributed by atoms with Crippen molar-refractivity contribution in [3.05, 3.63) is 12.1 Å². The van der Waals surface area contributed by atoms with Crippen molar-refractivity contribution < 1.29 is 4.74 Å². The Bertz CT molecular complexity index is 596. The first-order valence-electron chi connectivity index (χ1n) is 8.05. The molecule has 4 heterocycles. The summed E-state index contributed by atoms with van der Waals surface area (Å²) < 4.78 is 5.80. The fourth-order valence-electron chi connectivity index (χ4n) is 3.86. The first kappa shape index (κ1) is 13.8. The van der Waals surface area contributed by atoms with Crippen LogP contribution in [0.3, 0.4) is 0 Å². The van der Waals surface area contributed by atoms with E-state index in [1.54, 1.807) is 6.21 Å². The van der Waals surface area contributed by atoms with Crippen molar-refractivity contribution in [2.24, 2.45) is 0 Å². The SMILES string of the molecule is C[C@@H]1CN(c2ccc3c(n2)NC2(C=N)CCN3C2)C[C@@H](C)O1. The van der Waals surface area contributed by atoms with Crippen LogP contribution in [0.15, 0.2) is 12.1 Å². The van der Waals surface area contributed by atoms with Crippen LogP contribution in [0.25, 0.3) is 0 Å². The van der Waals surface area contributed by atoms with Crippen LogP contribution in [0.5, 0.6) is 0 Å². The molecule has 0 amide bonds. The first-order chi connectivity index (χ1) is 10.6. The van der Waals surface area contributed by atoms with E-state index in [0.717, 1.165) is 49.9 Å². The van der Waals surface area contributed by atoms with E-state index < -0.39 is 0 Å². The molecular formula is C16H23N5O. The van der Waals surface area contributed by atoms with Crippen LogP contribution in [-0.4, -0.2) is 55.1 Å². The second kappa shape index (κ2) is 4.84. The number of nitrogens with one attached hydrogen (secondary N) is 2. The molecule has 1 aromatic rings. The number of hydrogen-bond acceptors (Lipinski definition) is 6. The van der Waals surface area contributed by atoms with Gasteiger partial charge < -0.3 is 25.3 Å². The molecule has 22 heavy (non-hydrogen) atoms. The Morgan fingerprint density at radius 3 is 2.82 bits per heavy atom. The predicted molar refractivity (Wildman–Crippen MR) is 88.4 cm³/mol. The van der Waals surface area contributed by atoms with Gasteiger partial charge in [0.1, 0.15) is 5.82 Å². The second-order valence-electron chi connectivity index (χ2n) is 6.80. The lowest BCUT2D eigenvalue weighted by Crippen LogP contribution is -2.47. The Morgan fingerprint density at radius 1 is 1.32 bits per heavy atom. The van der Waals surface area contributed by atoms with Gasteiger partial charge in [0, 0.05) is 32.4 Å². The van der Waals surface area contributed by atoms with E-state index >= 15 is 0 Å². The summed E-state index contributed by atoms with van der Waals surface area (Å²) in [5.41, 5.74) is 0.928. The van der Waals surface area contributed by atoms with E-state index in [4.69, 9.17) is 15.1 Å². The lowest BCUT2D eigenvalue weighted by molar-refractivity contribution is -0.00545. The van der Waals surface area contributed by atoms with Crippen molar-refractivity contribution in [2.45, 2.75) is 38.0 Å². The number of morpholine rings is 1. The number of hydrogen-bond donors (Lipinski definition) is 2. The summed E-state index contributed by atoms with van der Waals surface area (Å²) in [6, 6.07) is 4.27. The van der Waals surface area contributed by atoms with Gasteiger partial charge in [-0.05, 0) is 32.4 Å². The van der Waals surface area contributed by atoms with Crippen molar-refractivity contribution in [3.63, 3.8) is 0 Å². The molecule has 118 valence electrons. The Morgan fingerprint density at radius 2 is 2.09 bits per heavy atom. The molecule has 1 unspecified atom stereocenters. The third kappa shape index (κ3) is 2.13. The van der Waals surface area contributed by atoms with Crippen molar-refractivity contribution >= 4 is 23.5 Å². The minimum absolute atomic E-state index is 0.224. The molecule has 1 aromatic heterocycles. The van der Waals surface area contributed by atoms with Gasteiger partial charge in [-0.15, -0.1) is 0 Å². The monoisotopic (exact) mass is 301 g/mol. The molecule has 0 aliphatic carbocycles. The van der Waals surface area contributed by atoms with E-state index in [2.05, 4.69) is 41.1 Å². The van der Waals surface area contributed by atoms with E-state index in [0.29, 0.717) is 0 Å². The molecule has 0 aromatic carbocycles. The lowest BCUT2D eigenvalue weighted by atomic mass is 9.99. The molecule has 3 aliphatic rings. The standard InChI is InChI=1S/C16H23N5O/c1-11-7-21(8-12(2)22-11)14-4-3-13-15(18-14)19-16(9-17)5-6-20(13)10-16/h3-4,9,11-12,17H,5-8,10H2,1-2H3,(H,18,19)/t11-,12-,16?/m1/s1. The maximum absolute atomic E-state index is 7.75. The van der Waals surface area contributed by atoms with Crippen molar-refractivity contribution in [3.8, 4) is 0 Å². The number of nitrogens with zero attached hydrogens (tertiary/aromatic N) is 3. The molecule has 0 radical (unpaired) electrons. The zero-order chi connectivity index (χ0) is 15.3. The maximum Gasteiger partial charge on any atom is 0.152 e. The molecule has 2 N–H and O–H groups in total. The minimum atomic E-state index is -0.232. The zero-order valence-corrected chi connectivity index (χ0v) is 13.2. The van der Waals surface area contributed by atoms with Gasteiger partial charge in [0.2, 0.25) is 0 Å². The van der Waals surface area contributed by atoms with Gasteiger partial charge in [0.15, 0.2) is 5.82 Å². The molecule has 3 atom stereocenters. The van der Waals surface area contributed by atoms with Gasteiger partial charge in [-0.1, -0.05) is 0 Å². The van der Waals surface area contributed by atoms with Crippen molar-refractivity contribution in [1.29, 1.82) is 5.41 Å². The van der Waals surface area contributed by atoms with Crippen LogP contribution in [-0.2, 0) is 4.74 Å². The average Bonchev–Trinajstić information content (AvgIpc) is 2.85. The van der Waals surface area contributed by atoms with E-state index in [1.165, 1.54) is 0 Å². The first-order valence-corrected chi connectivity index (χ1v) is 8.05. The third-order valence-corrected chi connectivity index (χ3v) is 4.89. The molecule has 6 heteroatoms. The molecular weight excluding hydrogens is 278 g/mol. The summed E-state index contributed by atoms with van der Waals surface area (Å²) >= 11 is 0. The number of anilines is 3. The Kier molecular flexibility index (Phi) is 3.04. The topological polar surface area (TPSA) is 64.5 Å². The van der Waals surface area contributed by atoms with Crippen LogP contribution in [0.2, 0.25) is 0 Å². The number of ether oxygens (including phenoxy) is 1. The lowest BCUT2D eigenvalue weighted by Gasteiger charge is -2.38. The van der Waals surface area contributed by atoms with Gasteiger partial charge in [-0.3, -0.25) is 0 Å². The largest absolute Gasteiger partial charge is 0.372 e. The Hall–Kier alpha value is -1.82. The van der Waals surface area contributed by atoms with Gasteiger partial charge in [0.05, 0.1) is 23.4 Å². The number of pyridine rings is 1. The number of rotatable bonds is 2. The summed E-state index contributed by atoms with van der Waals surface area (Å²) in [7, 11) is 0. The Balaban J connectivity index is 1.65. The summed E-state index contributed by atoms with van der Waals surface area (Å²) in [6.45, 7) is 7.81. The van der Waals surface area contributed by atoms with Crippen LogP contribution in [0.4, 0.5) is 17.3 Å². The zero-order valence-electron chi connectivity index (χ0n) is 13.2.